The SMILES string of the molecule is O=C(CCCOc1ccc(Br)cc1Cl)N1CCN(C(=O)C2CC2)CC1. The van der Waals surface area contributed by atoms with Crippen LogP contribution < -0.4 is 4.74 Å². The van der Waals surface area contributed by atoms with Gasteiger partial charge in [-0.2, -0.15) is 0 Å². The summed E-state index contributed by atoms with van der Waals surface area (Å²) in [6, 6.07) is 5.46. The van der Waals surface area contributed by atoms with Gasteiger partial charge in [-0.25, -0.2) is 0 Å². The molecule has 1 heterocycles. The number of hydrogen-bond donors (Lipinski definition) is 0. The van der Waals surface area contributed by atoms with Gasteiger partial charge in [0.05, 0.1) is 11.6 Å². The highest BCUT2D eigenvalue weighted by molar-refractivity contribution is 9.10. The topological polar surface area (TPSA) is 49.9 Å². The van der Waals surface area contributed by atoms with E-state index in [0.29, 0.717) is 56.4 Å². The minimum absolute atomic E-state index is 0.129. The van der Waals surface area contributed by atoms with Crippen molar-refractivity contribution in [2.24, 2.45) is 5.92 Å². The molecule has 0 bridgehead atoms. The molecule has 2 aliphatic rings. The molecular weight excluding hydrogens is 408 g/mol. The van der Waals surface area contributed by atoms with E-state index < -0.39 is 0 Å². The zero-order valence-corrected chi connectivity index (χ0v) is 16.4. The van der Waals surface area contributed by atoms with E-state index in [9.17, 15) is 9.59 Å². The van der Waals surface area contributed by atoms with E-state index in [4.69, 9.17) is 16.3 Å². The molecule has 2 fully saturated rings. The molecule has 1 aromatic carbocycles. The molecule has 1 aromatic rings. The van der Waals surface area contributed by atoms with Gasteiger partial charge < -0.3 is 14.5 Å². The third-order valence-corrected chi connectivity index (χ3v) is 5.35. The first-order valence-corrected chi connectivity index (χ1v) is 9.86. The van der Waals surface area contributed by atoms with Crippen LogP contribution in [0.2, 0.25) is 5.02 Å². The number of piperazine rings is 1. The van der Waals surface area contributed by atoms with Crippen LogP contribution in [0.4, 0.5) is 0 Å². The van der Waals surface area contributed by atoms with Gasteiger partial charge in [0.15, 0.2) is 0 Å². The van der Waals surface area contributed by atoms with Crippen molar-refractivity contribution in [3.8, 4) is 5.75 Å². The zero-order valence-electron chi connectivity index (χ0n) is 14.0. The van der Waals surface area contributed by atoms with Crippen LogP contribution in [-0.4, -0.2) is 54.4 Å². The van der Waals surface area contributed by atoms with Gasteiger partial charge in [-0.15, -0.1) is 0 Å². The predicted molar refractivity (Wildman–Crippen MR) is 99.8 cm³/mol. The van der Waals surface area contributed by atoms with E-state index in [2.05, 4.69) is 15.9 Å². The molecule has 1 aliphatic heterocycles. The summed E-state index contributed by atoms with van der Waals surface area (Å²) in [7, 11) is 0. The largest absolute Gasteiger partial charge is 0.492 e. The number of hydrogen-bond acceptors (Lipinski definition) is 3. The average molecular weight is 430 g/mol. The lowest BCUT2D eigenvalue weighted by Crippen LogP contribution is -2.51. The second-order valence-electron chi connectivity index (χ2n) is 6.51. The smallest absolute Gasteiger partial charge is 0.225 e. The molecule has 0 aromatic heterocycles. The molecule has 136 valence electrons. The van der Waals surface area contributed by atoms with Crippen molar-refractivity contribution >= 4 is 39.3 Å². The van der Waals surface area contributed by atoms with E-state index in [0.717, 1.165) is 17.3 Å². The standard InChI is InChI=1S/C18H22BrClN2O3/c19-14-5-6-16(15(20)12-14)25-11-1-2-17(23)21-7-9-22(10-8-21)18(24)13-3-4-13/h5-6,12-13H,1-4,7-11H2. The lowest BCUT2D eigenvalue weighted by Gasteiger charge is -2.35. The molecule has 0 radical (unpaired) electrons. The highest BCUT2D eigenvalue weighted by atomic mass is 79.9. The molecule has 1 aliphatic carbocycles. The number of halogens is 2. The van der Waals surface area contributed by atoms with Gasteiger partial charge >= 0.3 is 0 Å². The average Bonchev–Trinajstić information content (AvgIpc) is 3.44. The summed E-state index contributed by atoms with van der Waals surface area (Å²) in [5.74, 6) is 1.28. The molecule has 0 atom stereocenters. The Bertz CT molecular complexity index is 643. The number of carbonyl (C=O) groups excluding carboxylic acids is 2. The van der Waals surface area contributed by atoms with E-state index in [1.165, 1.54) is 0 Å². The third kappa shape index (κ3) is 5.11. The van der Waals surface area contributed by atoms with Crippen LogP contribution in [0.15, 0.2) is 22.7 Å². The summed E-state index contributed by atoms with van der Waals surface area (Å²) in [6.45, 7) is 3.04. The second-order valence-corrected chi connectivity index (χ2v) is 7.83. The first kappa shape index (κ1) is 18.5. The lowest BCUT2D eigenvalue weighted by atomic mass is 10.2. The number of benzene rings is 1. The monoisotopic (exact) mass is 428 g/mol. The van der Waals surface area contributed by atoms with E-state index >= 15 is 0 Å². The fraction of sp³-hybridized carbons (Fsp3) is 0.556. The Hall–Kier alpha value is -1.27. The molecule has 7 heteroatoms. The zero-order chi connectivity index (χ0) is 17.8. The van der Waals surface area contributed by atoms with Crippen molar-refractivity contribution in [2.75, 3.05) is 32.8 Å². The van der Waals surface area contributed by atoms with E-state index in [-0.39, 0.29) is 17.7 Å². The second kappa shape index (κ2) is 8.41. The quantitative estimate of drug-likeness (QED) is 0.652. The minimum atomic E-state index is 0.129. The van der Waals surface area contributed by atoms with Gasteiger partial charge in [-0.3, -0.25) is 9.59 Å². The van der Waals surface area contributed by atoms with E-state index in [1.807, 2.05) is 21.9 Å². The maximum atomic E-state index is 12.3. The Morgan fingerprint density at radius 2 is 1.84 bits per heavy atom. The van der Waals surface area contributed by atoms with Crippen LogP contribution in [-0.2, 0) is 9.59 Å². The van der Waals surface area contributed by atoms with Crippen LogP contribution in [0, 0.1) is 5.92 Å². The van der Waals surface area contributed by atoms with Crippen LogP contribution in [0.1, 0.15) is 25.7 Å². The van der Waals surface area contributed by atoms with Crippen molar-refractivity contribution in [1.29, 1.82) is 0 Å². The highest BCUT2D eigenvalue weighted by Crippen LogP contribution is 2.31. The van der Waals surface area contributed by atoms with Crippen molar-refractivity contribution in [3.05, 3.63) is 27.7 Å². The molecule has 0 N–H and O–H groups in total. The Morgan fingerprint density at radius 3 is 2.48 bits per heavy atom. The van der Waals surface area contributed by atoms with Crippen molar-refractivity contribution < 1.29 is 14.3 Å². The van der Waals surface area contributed by atoms with Gasteiger partial charge in [0.25, 0.3) is 0 Å². The fourth-order valence-corrected chi connectivity index (χ4v) is 3.65. The summed E-state index contributed by atoms with van der Waals surface area (Å²) in [5, 5.41) is 0.553. The highest BCUT2D eigenvalue weighted by Gasteiger charge is 2.35. The molecule has 1 saturated heterocycles. The van der Waals surface area contributed by atoms with Gasteiger partial charge in [0.2, 0.25) is 11.8 Å². The minimum Gasteiger partial charge on any atom is -0.492 e. The Labute approximate surface area is 161 Å². The molecule has 2 amide bonds. The lowest BCUT2D eigenvalue weighted by molar-refractivity contribution is -0.140. The third-order valence-electron chi connectivity index (χ3n) is 4.56. The molecule has 0 spiro atoms. The maximum Gasteiger partial charge on any atom is 0.225 e. The molecule has 0 unspecified atom stereocenters. The summed E-state index contributed by atoms with van der Waals surface area (Å²) < 4.78 is 6.54. The fourth-order valence-electron chi connectivity index (χ4n) is 2.92. The van der Waals surface area contributed by atoms with Gasteiger partial charge in [0, 0.05) is 43.0 Å². The first-order valence-electron chi connectivity index (χ1n) is 8.69. The predicted octanol–water partition coefficient (Wildman–Crippen LogP) is 3.34. The summed E-state index contributed by atoms with van der Waals surface area (Å²) >= 11 is 9.45. The summed E-state index contributed by atoms with van der Waals surface area (Å²) in [6.07, 6.45) is 3.15. The van der Waals surface area contributed by atoms with Gasteiger partial charge in [-0.05, 0) is 37.5 Å². The molecule has 1 saturated carbocycles. The van der Waals surface area contributed by atoms with E-state index in [1.54, 1.807) is 6.07 Å². The maximum absolute atomic E-state index is 12.3. The van der Waals surface area contributed by atoms with Gasteiger partial charge in [0.1, 0.15) is 5.75 Å². The number of rotatable bonds is 6. The summed E-state index contributed by atoms with van der Waals surface area (Å²) in [4.78, 5) is 28.1. The van der Waals surface area contributed by atoms with Crippen LogP contribution >= 0.6 is 27.5 Å². The van der Waals surface area contributed by atoms with Crippen molar-refractivity contribution in [1.82, 2.24) is 9.80 Å². The van der Waals surface area contributed by atoms with Crippen LogP contribution in [0.5, 0.6) is 5.75 Å². The Morgan fingerprint density at radius 1 is 1.16 bits per heavy atom. The molecule has 25 heavy (non-hydrogen) atoms. The van der Waals surface area contributed by atoms with Crippen LogP contribution in [0.25, 0.3) is 0 Å². The van der Waals surface area contributed by atoms with Crippen molar-refractivity contribution in [3.63, 3.8) is 0 Å². The molecular formula is C18H22BrClN2O3. The number of ether oxygens (including phenoxy) is 1. The first-order chi connectivity index (χ1) is 12.0. The Balaban J connectivity index is 1.35. The number of amides is 2. The molecule has 5 nitrogen and oxygen atoms in total. The normalized spacial score (nSPS) is 17.5. The molecule has 3 rings (SSSR count). The Kier molecular flexibility index (Phi) is 6.23. The number of carbonyl (C=O) groups is 2. The number of nitrogens with zero attached hydrogens (tertiary/aromatic N) is 2. The summed E-state index contributed by atoms with van der Waals surface area (Å²) in [5.41, 5.74) is 0. The van der Waals surface area contributed by atoms with Crippen molar-refractivity contribution in [2.45, 2.75) is 25.7 Å². The van der Waals surface area contributed by atoms with Crippen LogP contribution in [0.3, 0.4) is 0 Å². The van der Waals surface area contributed by atoms with Gasteiger partial charge in [-0.1, -0.05) is 27.5 Å².